The van der Waals surface area contributed by atoms with Crippen LogP contribution in [0.4, 0.5) is 0 Å². The van der Waals surface area contributed by atoms with Crippen molar-refractivity contribution < 1.29 is 9.53 Å². The molecule has 19 heavy (non-hydrogen) atoms. The molecule has 6 nitrogen and oxygen atoms in total. The molecule has 1 aromatic rings. The first-order valence-corrected chi connectivity index (χ1v) is 6.86. The van der Waals surface area contributed by atoms with Crippen molar-refractivity contribution in [3.63, 3.8) is 0 Å². The fraction of sp³-hybridized carbons (Fsp3) is 0.692. The number of carbonyl (C=O) groups excluding carboxylic acids is 1. The maximum Gasteiger partial charge on any atom is 0.243 e. The number of aryl methyl sites for hydroxylation is 1. The van der Waals surface area contributed by atoms with Gasteiger partial charge in [0.05, 0.1) is 12.3 Å². The van der Waals surface area contributed by atoms with Crippen LogP contribution in [-0.4, -0.2) is 35.2 Å². The summed E-state index contributed by atoms with van der Waals surface area (Å²) >= 11 is 0. The zero-order valence-corrected chi connectivity index (χ0v) is 11.4. The van der Waals surface area contributed by atoms with Gasteiger partial charge in [0.15, 0.2) is 0 Å². The van der Waals surface area contributed by atoms with Crippen LogP contribution in [-0.2, 0) is 35.5 Å². The molecule has 0 aliphatic carbocycles. The molecule has 0 atom stereocenters. The van der Waals surface area contributed by atoms with Gasteiger partial charge in [-0.15, -0.1) is 0 Å². The second kappa shape index (κ2) is 6.68. The molecule has 0 spiro atoms. The first kappa shape index (κ1) is 14.0. The molecular formula is C13H22N4O2. The Balaban J connectivity index is 2.03. The van der Waals surface area contributed by atoms with E-state index in [1.54, 1.807) is 0 Å². The second-order valence-electron chi connectivity index (χ2n) is 4.77. The third-order valence-electron chi connectivity index (χ3n) is 3.24. The molecule has 1 aliphatic rings. The highest BCUT2D eigenvalue weighted by atomic mass is 16.5. The Morgan fingerprint density at radius 3 is 3.16 bits per heavy atom. The summed E-state index contributed by atoms with van der Waals surface area (Å²) in [5.74, 6) is 0.699. The summed E-state index contributed by atoms with van der Waals surface area (Å²) in [5.41, 5.74) is 7.52. The van der Waals surface area contributed by atoms with E-state index in [0.717, 1.165) is 50.4 Å². The maximum atomic E-state index is 10.6. The van der Waals surface area contributed by atoms with Crippen LogP contribution in [0.3, 0.4) is 0 Å². The molecule has 2 rings (SSSR count). The molecule has 1 amide bonds. The van der Waals surface area contributed by atoms with Gasteiger partial charge in [0.2, 0.25) is 5.91 Å². The number of fused-ring (bicyclic) bond motifs is 1. The smallest absolute Gasteiger partial charge is 0.243 e. The lowest BCUT2D eigenvalue weighted by Crippen LogP contribution is -2.26. The molecule has 0 saturated heterocycles. The molecule has 0 fully saturated rings. The van der Waals surface area contributed by atoms with Gasteiger partial charge in [0, 0.05) is 38.2 Å². The van der Waals surface area contributed by atoms with Crippen molar-refractivity contribution in [2.75, 3.05) is 19.8 Å². The average molecular weight is 266 g/mol. The predicted molar refractivity (Wildman–Crippen MR) is 71.6 cm³/mol. The molecule has 106 valence electrons. The number of carbonyl (C=O) groups is 1. The number of imidazole rings is 1. The normalized spacial score (nSPS) is 14.4. The lowest BCUT2D eigenvalue weighted by atomic mass is 10.2. The molecule has 2 heterocycles. The Kier molecular flexibility index (Phi) is 4.93. The van der Waals surface area contributed by atoms with Crippen molar-refractivity contribution in [3.8, 4) is 0 Å². The standard InChI is InChI=1S/C13H22N4O2/c1-2-3-13-16-10-8-15-5-4-11(10)17(13)6-7-19-9-12(14)18/h15H,2-9H2,1H3,(H2,14,18). The zero-order valence-electron chi connectivity index (χ0n) is 11.4. The molecule has 0 bridgehead atoms. The van der Waals surface area contributed by atoms with Crippen molar-refractivity contribution in [2.45, 2.75) is 39.3 Å². The van der Waals surface area contributed by atoms with Gasteiger partial charge < -0.3 is 20.4 Å². The largest absolute Gasteiger partial charge is 0.370 e. The molecule has 6 heteroatoms. The highest BCUT2D eigenvalue weighted by Gasteiger charge is 2.18. The number of amides is 1. The summed E-state index contributed by atoms with van der Waals surface area (Å²) in [5, 5.41) is 3.34. The summed E-state index contributed by atoms with van der Waals surface area (Å²) < 4.78 is 7.50. The van der Waals surface area contributed by atoms with Crippen LogP contribution < -0.4 is 11.1 Å². The topological polar surface area (TPSA) is 82.2 Å². The summed E-state index contributed by atoms with van der Waals surface area (Å²) in [6, 6.07) is 0. The highest BCUT2D eigenvalue weighted by Crippen LogP contribution is 2.17. The van der Waals surface area contributed by atoms with Gasteiger partial charge in [-0.3, -0.25) is 4.79 Å². The fourth-order valence-electron chi connectivity index (χ4n) is 2.43. The number of rotatable bonds is 7. The first-order valence-electron chi connectivity index (χ1n) is 6.86. The van der Waals surface area contributed by atoms with Crippen LogP contribution in [0.5, 0.6) is 0 Å². The second-order valence-corrected chi connectivity index (χ2v) is 4.77. The van der Waals surface area contributed by atoms with Gasteiger partial charge in [0.25, 0.3) is 0 Å². The molecule has 1 aliphatic heterocycles. The molecule has 0 radical (unpaired) electrons. The Bertz CT molecular complexity index is 442. The van der Waals surface area contributed by atoms with Gasteiger partial charge in [-0.05, 0) is 6.42 Å². The fourth-order valence-corrected chi connectivity index (χ4v) is 2.43. The Morgan fingerprint density at radius 1 is 1.58 bits per heavy atom. The average Bonchev–Trinajstić information content (AvgIpc) is 2.73. The summed E-state index contributed by atoms with van der Waals surface area (Å²) in [4.78, 5) is 15.3. The van der Waals surface area contributed by atoms with E-state index in [2.05, 4.69) is 16.8 Å². The van der Waals surface area contributed by atoms with E-state index in [4.69, 9.17) is 15.5 Å². The molecule has 3 N–H and O–H groups in total. The minimum absolute atomic E-state index is 0.0123. The third kappa shape index (κ3) is 3.54. The SMILES string of the molecule is CCCc1nc2c(n1CCOCC(N)=O)CCNC2. The molecule has 1 aromatic heterocycles. The van der Waals surface area contributed by atoms with Crippen LogP contribution in [0, 0.1) is 0 Å². The number of nitrogens with one attached hydrogen (secondary N) is 1. The van der Waals surface area contributed by atoms with E-state index in [0.29, 0.717) is 6.61 Å². The molecule has 0 aromatic carbocycles. The lowest BCUT2D eigenvalue weighted by molar-refractivity contribution is -0.122. The quantitative estimate of drug-likeness (QED) is 0.680. The number of primary amides is 1. The minimum atomic E-state index is -0.425. The number of hydrogen-bond acceptors (Lipinski definition) is 4. The van der Waals surface area contributed by atoms with Gasteiger partial charge >= 0.3 is 0 Å². The van der Waals surface area contributed by atoms with Crippen molar-refractivity contribution in [1.82, 2.24) is 14.9 Å². The lowest BCUT2D eigenvalue weighted by Gasteiger charge is -2.16. The van der Waals surface area contributed by atoms with E-state index in [1.165, 1.54) is 5.69 Å². The number of nitrogens with zero attached hydrogens (tertiary/aromatic N) is 2. The van der Waals surface area contributed by atoms with Crippen LogP contribution >= 0.6 is 0 Å². The van der Waals surface area contributed by atoms with Crippen LogP contribution in [0.2, 0.25) is 0 Å². The summed E-state index contributed by atoms with van der Waals surface area (Å²) in [6.07, 6.45) is 3.05. The summed E-state index contributed by atoms with van der Waals surface area (Å²) in [6.45, 7) is 5.22. The minimum Gasteiger partial charge on any atom is -0.370 e. The first-order chi connectivity index (χ1) is 9.22. The van der Waals surface area contributed by atoms with Gasteiger partial charge in [0.1, 0.15) is 12.4 Å². The van der Waals surface area contributed by atoms with E-state index >= 15 is 0 Å². The molecule has 0 saturated carbocycles. The number of aromatic nitrogens is 2. The summed E-state index contributed by atoms with van der Waals surface area (Å²) in [7, 11) is 0. The third-order valence-corrected chi connectivity index (χ3v) is 3.24. The van der Waals surface area contributed by atoms with Crippen LogP contribution in [0.1, 0.15) is 30.6 Å². The van der Waals surface area contributed by atoms with Crippen LogP contribution in [0.15, 0.2) is 0 Å². The molecular weight excluding hydrogens is 244 g/mol. The molecule has 0 unspecified atom stereocenters. The van der Waals surface area contributed by atoms with Crippen molar-refractivity contribution in [2.24, 2.45) is 5.73 Å². The van der Waals surface area contributed by atoms with Crippen molar-refractivity contribution >= 4 is 5.91 Å². The number of ether oxygens (including phenoxy) is 1. The van der Waals surface area contributed by atoms with Gasteiger partial charge in [-0.25, -0.2) is 4.98 Å². The number of nitrogens with two attached hydrogens (primary N) is 1. The van der Waals surface area contributed by atoms with Gasteiger partial charge in [-0.1, -0.05) is 6.92 Å². The number of hydrogen-bond donors (Lipinski definition) is 2. The van der Waals surface area contributed by atoms with E-state index < -0.39 is 5.91 Å². The van der Waals surface area contributed by atoms with Crippen LogP contribution in [0.25, 0.3) is 0 Å². The zero-order chi connectivity index (χ0) is 13.7. The Hall–Kier alpha value is -1.40. The van der Waals surface area contributed by atoms with Crippen molar-refractivity contribution in [1.29, 1.82) is 0 Å². The Morgan fingerprint density at radius 2 is 2.42 bits per heavy atom. The maximum absolute atomic E-state index is 10.6. The van der Waals surface area contributed by atoms with E-state index in [1.807, 2.05) is 0 Å². The van der Waals surface area contributed by atoms with E-state index in [9.17, 15) is 4.79 Å². The van der Waals surface area contributed by atoms with Gasteiger partial charge in [-0.2, -0.15) is 0 Å². The van der Waals surface area contributed by atoms with Crippen molar-refractivity contribution in [3.05, 3.63) is 17.2 Å². The monoisotopic (exact) mass is 266 g/mol. The predicted octanol–water partition coefficient (Wildman–Crippen LogP) is -0.0168. The highest BCUT2D eigenvalue weighted by molar-refractivity contribution is 5.74. The van der Waals surface area contributed by atoms with E-state index in [-0.39, 0.29) is 6.61 Å². The Labute approximate surface area is 113 Å².